The van der Waals surface area contributed by atoms with Crippen molar-refractivity contribution in [3.63, 3.8) is 0 Å². The van der Waals surface area contributed by atoms with Crippen LogP contribution in [0, 0.1) is 0 Å². The molecule has 4 rings (SSSR count). The maximum atomic E-state index is 12.7. The number of methoxy groups -OCH3 is 2. The monoisotopic (exact) mass is 482 g/mol. The number of pyridine rings is 1. The molecule has 10 nitrogen and oxygen atoms in total. The summed E-state index contributed by atoms with van der Waals surface area (Å²) in [6, 6.07) is 10.8. The minimum absolute atomic E-state index is 0.0737. The first kappa shape index (κ1) is 23.3. The number of ether oxygens (including phenoxy) is 2. The van der Waals surface area contributed by atoms with Crippen LogP contribution in [0.25, 0.3) is 0 Å². The molecule has 1 aliphatic rings. The lowest BCUT2D eigenvalue weighted by atomic mass is 10.2. The second-order valence-corrected chi connectivity index (χ2v) is 8.39. The zero-order valence-electron chi connectivity index (χ0n) is 19.0. The number of thiazole rings is 1. The van der Waals surface area contributed by atoms with E-state index in [-0.39, 0.29) is 18.4 Å². The number of urea groups is 1. The molecule has 3 amide bonds. The minimum atomic E-state index is -0.239. The van der Waals surface area contributed by atoms with Gasteiger partial charge in [-0.1, -0.05) is 6.07 Å². The molecule has 0 spiro atoms. The number of nitrogens with one attached hydrogen (secondary N) is 2. The van der Waals surface area contributed by atoms with Crippen molar-refractivity contribution in [2.24, 2.45) is 0 Å². The van der Waals surface area contributed by atoms with Crippen LogP contribution in [-0.4, -0.2) is 67.2 Å². The number of aromatic nitrogens is 2. The van der Waals surface area contributed by atoms with E-state index in [0.717, 1.165) is 5.82 Å². The third-order valence-corrected chi connectivity index (χ3v) is 6.14. The highest BCUT2D eigenvalue weighted by Gasteiger charge is 2.22. The molecule has 0 unspecified atom stereocenters. The normalized spacial score (nSPS) is 13.4. The van der Waals surface area contributed by atoms with Crippen molar-refractivity contribution in [2.75, 3.05) is 55.9 Å². The maximum Gasteiger partial charge on any atom is 0.323 e. The van der Waals surface area contributed by atoms with Crippen LogP contribution < -0.4 is 25.0 Å². The predicted molar refractivity (Wildman–Crippen MR) is 131 cm³/mol. The van der Waals surface area contributed by atoms with Crippen LogP contribution in [0.4, 0.5) is 21.4 Å². The second kappa shape index (κ2) is 10.8. The van der Waals surface area contributed by atoms with Gasteiger partial charge in [0.15, 0.2) is 5.13 Å². The number of hydrogen-bond donors (Lipinski definition) is 2. The Labute approximate surface area is 201 Å². The predicted octanol–water partition coefficient (Wildman–Crippen LogP) is 3.09. The van der Waals surface area contributed by atoms with Crippen molar-refractivity contribution in [2.45, 2.75) is 6.42 Å². The molecule has 0 atom stereocenters. The summed E-state index contributed by atoms with van der Waals surface area (Å²) in [5.41, 5.74) is 1.12. The van der Waals surface area contributed by atoms with E-state index in [0.29, 0.717) is 54.2 Å². The molecule has 0 aliphatic carbocycles. The number of benzene rings is 1. The van der Waals surface area contributed by atoms with Crippen LogP contribution in [0.15, 0.2) is 48.0 Å². The van der Waals surface area contributed by atoms with Gasteiger partial charge in [0, 0.05) is 43.8 Å². The van der Waals surface area contributed by atoms with E-state index in [1.807, 2.05) is 18.2 Å². The molecular weight excluding hydrogens is 456 g/mol. The maximum absolute atomic E-state index is 12.7. The minimum Gasteiger partial charge on any atom is -0.497 e. The second-order valence-electron chi connectivity index (χ2n) is 7.53. The third kappa shape index (κ3) is 5.73. The van der Waals surface area contributed by atoms with Crippen molar-refractivity contribution in [3.05, 3.63) is 53.7 Å². The van der Waals surface area contributed by atoms with Crippen LogP contribution in [0.5, 0.6) is 11.5 Å². The molecule has 2 N–H and O–H groups in total. The Kier molecular flexibility index (Phi) is 7.43. The average molecular weight is 483 g/mol. The SMILES string of the molecule is COc1ccc(NC(=O)Cc2csc(NC(=O)N3CCN(c4ccccn4)CC3)n2)c(OC)c1. The van der Waals surface area contributed by atoms with Gasteiger partial charge in [-0.3, -0.25) is 10.1 Å². The smallest absolute Gasteiger partial charge is 0.323 e. The molecule has 3 aromatic rings. The highest BCUT2D eigenvalue weighted by atomic mass is 32.1. The topological polar surface area (TPSA) is 109 Å². The lowest BCUT2D eigenvalue weighted by molar-refractivity contribution is -0.115. The number of piperazine rings is 1. The molecule has 2 aromatic heterocycles. The molecule has 178 valence electrons. The summed E-state index contributed by atoms with van der Waals surface area (Å²) in [7, 11) is 3.09. The number of anilines is 3. The van der Waals surface area contributed by atoms with E-state index in [1.54, 1.807) is 41.8 Å². The van der Waals surface area contributed by atoms with Crippen molar-refractivity contribution in [1.29, 1.82) is 0 Å². The quantitative estimate of drug-likeness (QED) is 0.533. The Balaban J connectivity index is 1.27. The number of nitrogens with zero attached hydrogens (tertiary/aromatic N) is 4. The van der Waals surface area contributed by atoms with Gasteiger partial charge in [0.25, 0.3) is 0 Å². The molecule has 0 radical (unpaired) electrons. The van der Waals surface area contributed by atoms with Crippen molar-refractivity contribution >= 4 is 39.9 Å². The van der Waals surface area contributed by atoms with E-state index in [1.165, 1.54) is 18.4 Å². The molecule has 34 heavy (non-hydrogen) atoms. The summed E-state index contributed by atoms with van der Waals surface area (Å²) in [4.78, 5) is 37.8. The summed E-state index contributed by atoms with van der Waals surface area (Å²) in [5.74, 6) is 1.81. The lowest BCUT2D eigenvalue weighted by Gasteiger charge is -2.35. The lowest BCUT2D eigenvalue weighted by Crippen LogP contribution is -2.50. The number of rotatable bonds is 7. The third-order valence-electron chi connectivity index (χ3n) is 5.33. The van der Waals surface area contributed by atoms with Crippen molar-refractivity contribution in [1.82, 2.24) is 14.9 Å². The number of hydrogen-bond acceptors (Lipinski definition) is 8. The number of carbonyl (C=O) groups excluding carboxylic acids is 2. The summed E-state index contributed by atoms with van der Waals surface area (Å²) >= 11 is 1.29. The fourth-order valence-corrected chi connectivity index (χ4v) is 4.26. The molecule has 3 heterocycles. The van der Waals surface area contributed by atoms with Crippen LogP contribution in [0.2, 0.25) is 0 Å². The summed E-state index contributed by atoms with van der Waals surface area (Å²) in [6.07, 6.45) is 1.84. The summed E-state index contributed by atoms with van der Waals surface area (Å²) in [5, 5.41) is 7.88. The Morgan fingerprint density at radius 2 is 1.88 bits per heavy atom. The standard InChI is InChI=1S/C23H26N6O4S/c1-32-17-6-7-18(19(14-17)33-2)26-21(30)13-16-15-34-22(25-16)27-23(31)29-11-9-28(10-12-29)20-5-3-4-8-24-20/h3-8,14-15H,9-13H2,1-2H3,(H,26,30)(H,25,27,31). The van der Waals surface area contributed by atoms with E-state index in [2.05, 4.69) is 25.5 Å². The Hall–Kier alpha value is -3.86. The van der Waals surface area contributed by atoms with Crippen LogP contribution in [0.3, 0.4) is 0 Å². The fraction of sp³-hybridized carbons (Fsp3) is 0.304. The number of amides is 3. The van der Waals surface area contributed by atoms with E-state index < -0.39 is 0 Å². The van der Waals surface area contributed by atoms with Gasteiger partial charge in [0.1, 0.15) is 17.3 Å². The Bertz CT molecular complexity index is 1130. The van der Waals surface area contributed by atoms with Gasteiger partial charge >= 0.3 is 6.03 Å². The molecule has 1 saturated heterocycles. The highest BCUT2D eigenvalue weighted by molar-refractivity contribution is 7.13. The average Bonchev–Trinajstić information content (AvgIpc) is 3.31. The molecule has 1 aromatic carbocycles. The van der Waals surface area contributed by atoms with E-state index in [9.17, 15) is 9.59 Å². The first-order valence-electron chi connectivity index (χ1n) is 10.7. The van der Waals surface area contributed by atoms with Crippen molar-refractivity contribution in [3.8, 4) is 11.5 Å². The van der Waals surface area contributed by atoms with Gasteiger partial charge in [-0.2, -0.15) is 0 Å². The van der Waals surface area contributed by atoms with Gasteiger partial charge in [-0.25, -0.2) is 14.8 Å². The Morgan fingerprint density at radius 1 is 1.06 bits per heavy atom. The van der Waals surface area contributed by atoms with Gasteiger partial charge in [0.2, 0.25) is 5.91 Å². The molecule has 1 aliphatic heterocycles. The Morgan fingerprint density at radius 3 is 2.59 bits per heavy atom. The zero-order valence-corrected chi connectivity index (χ0v) is 19.8. The van der Waals surface area contributed by atoms with Gasteiger partial charge in [-0.15, -0.1) is 11.3 Å². The van der Waals surface area contributed by atoms with E-state index in [4.69, 9.17) is 9.47 Å². The zero-order chi connectivity index (χ0) is 23.9. The fourth-order valence-electron chi connectivity index (χ4n) is 3.56. The largest absolute Gasteiger partial charge is 0.497 e. The van der Waals surface area contributed by atoms with Crippen LogP contribution in [-0.2, 0) is 11.2 Å². The molecule has 0 bridgehead atoms. The van der Waals surface area contributed by atoms with Gasteiger partial charge in [0.05, 0.1) is 32.0 Å². The first-order valence-corrected chi connectivity index (χ1v) is 11.6. The first-order chi connectivity index (χ1) is 16.6. The van der Waals surface area contributed by atoms with Crippen molar-refractivity contribution < 1.29 is 19.1 Å². The molecule has 0 saturated carbocycles. The number of carbonyl (C=O) groups is 2. The summed E-state index contributed by atoms with van der Waals surface area (Å²) < 4.78 is 10.5. The molecule has 1 fully saturated rings. The van der Waals surface area contributed by atoms with Crippen LogP contribution >= 0.6 is 11.3 Å². The van der Waals surface area contributed by atoms with Gasteiger partial charge in [-0.05, 0) is 24.3 Å². The van der Waals surface area contributed by atoms with Crippen LogP contribution in [0.1, 0.15) is 5.69 Å². The molecule has 11 heteroatoms. The highest BCUT2D eigenvalue weighted by Crippen LogP contribution is 2.29. The van der Waals surface area contributed by atoms with E-state index >= 15 is 0 Å². The molecular formula is C23H26N6O4S. The van der Waals surface area contributed by atoms with Gasteiger partial charge < -0.3 is 24.6 Å². The summed E-state index contributed by atoms with van der Waals surface area (Å²) in [6.45, 7) is 2.60.